The summed E-state index contributed by atoms with van der Waals surface area (Å²) in [5, 5.41) is 2.94. The quantitative estimate of drug-likeness (QED) is 0.826. The van der Waals surface area contributed by atoms with Gasteiger partial charge in [-0.05, 0) is 49.6 Å². The highest BCUT2D eigenvalue weighted by Crippen LogP contribution is 2.24. The first kappa shape index (κ1) is 18.3. The molecule has 5 heteroatoms. The van der Waals surface area contributed by atoms with Crippen molar-refractivity contribution < 1.29 is 19.0 Å². The summed E-state index contributed by atoms with van der Waals surface area (Å²) in [6.07, 6.45) is 2.18. The number of ether oxygens (including phenoxy) is 3. The van der Waals surface area contributed by atoms with Crippen LogP contribution in [0.15, 0.2) is 42.5 Å². The van der Waals surface area contributed by atoms with Gasteiger partial charge in [0.1, 0.15) is 18.1 Å². The fraction of sp³-hybridized carbons (Fsp3) is 0.381. The monoisotopic (exact) mass is 355 g/mol. The van der Waals surface area contributed by atoms with Crippen LogP contribution in [-0.2, 0) is 11.3 Å². The van der Waals surface area contributed by atoms with E-state index in [4.69, 9.17) is 14.2 Å². The largest absolute Gasteiger partial charge is 0.496 e. The van der Waals surface area contributed by atoms with Crippen molar-refractivity contribution in [1.82, 2.24) is 5.32 Å². The number of hydrogen-bond acceptors (Lipinski definition) is 4. The fourth-order valence-electron chi connectivity index (χ4n) is 3.02. The molecule has 0 aromatic heterocycles. The average Bonchev–Trinajstić information content (AvgIpc) is 3.19. The SMILES string of the molecule is COc1ccc(C(=O)NC[C@@H]2CCCO2)cc1COc1ccccc1C. The minimum atomic E-state index is -0.111. The van der Waals surface area contributed by atoms with Crippen LogP contribution in [0.3, 0.4) is 0 Å². The van der Waals surface area contributed by atoms with Crippen molar-refractivity contribution in [1.29, 1.82) is 0 Å². The normalized spacial score (nSPS) is 16.3. The Kier molecular flexibility index (Phi) is 6.12. The van der Waals surface area contributed by atoms with Gasteiger partial charge in [0.05, 0.1) is 13.2 Å². The van der Waals surface area contributed by atoms with Crippen LogP contribution in [-0.4, -0.2) is 32.3 Å². The zero-order valence-corrected chi connectivity index (χ0v) is 15.3. The van der Waals surface area contributed by atoms with Crippen LogP contribution in [0.2, 0.25) is 0 Å². The van der Waals surface area contributed by atoms with Gasteiger partial charge in [-0.15, -0.1) is 0 Å². The molecule has 1 saturated heterocycles. The van der Waals surface area contributed by atoms with Gasteiger partial charge in [0.2, 0.25) is 0 Å². The molecule has 26 heavy (non-hydrogen) atoms. The molecule has 0 unspecified atom stereocenters. The smallest absolute Gasteiger partial charge is 0.251 e. The molecule has 2 aromatic rings. The van der Waals surface area contributed by atoms with Gasteiger partial charge in [-0.25, -0.2) is 0 Å². The van der Waals surface area contributed by atoms with Crippen molar-refractivity contribution in [3.63, 3.8) is 0 Å². The Morgan fingerprint density at radius 3 is 2.81 bits per heavy atom. The van der Waals surface area contributed by atoms with E-state index in [9.17, 15) is 4.79 Å². The number of amides is 1. The predicted octanol–water partition coefficient (Wildman–Crippen LogP) is 3.49. The van der Waals surface area contributed by atoms with Crippen LogP contribution in [0.25, 0.3) is 0 Å². The van der Waals surface area contributed by atoms with Gasteiger partial charge in [0.25, 0.3) is 5.91 Å². The van der Waals surface area contributed by atoms with Crippen LogP contribution in [0, 0.1) is 6.92 Å². The molecule has 138 valence electrons. The van der Waals surface area contributed by atoms with Crippen molar-refractivity contribution in [2.24, 2.45) is 0 Å². The third kappa shape index (κ3) is 4.55. The summed E-state index contributed by atoms with van der Waals surface area (Å²) in [6, 6.07) is 13.2. The molecule has 1 aliphatic heterocycles. The maximum atomic E-state index is 12.4. The van der Waals surface area contributed by atoms with Crippen LogP contribution >= 0.6 is 0 Å². The van der Waals surface area contributed by atoms with Crippen LogP contribution in [0.4, 0.5) is 0 Å². The second-order valence-corrected chi connectivity index (χ2v) is 6.43. The van der Waals surface area contributed by atoms with Gasteiger partial charge in [-0.1, -0.05) is 18.2 Å². The first-order valence-corrected chi connectivity index (χ1v) is 8.92. The number of carbonyl (C=O) groups excluding carboxylic acids is 1. The van der Waals surface area contributed by atoms with E-state index in [1.54, 1.807) is 19.2 Å². The predicted molar refractivity (Wildman–Crippen MR) is 99.8 cm³/mol. The van der Waals surface area contributed by atoms with E-state index in [1.165, 1.54) is 0 Å². The number of aryl methyl sites for hydroxylation is 1. The molecule has 0 aliphatic carbocycles. The van der Waals surface area contributed by atoms with Gasteiger partial charge in [-0.3, -0.25) is 4.79 Å². The third-order valence-corrected chi connectivity index (χ3v) is 4.53. The molecule has 2 aromatic carbocycles. The summed E-state index contributed by atoms with van der Waals surface area (Å²) >= 11 is 0. The lowest BCUT2D eigenvalue weighted by Gasteiger charge is -2.14. The molecule has 5 nitrogen and oxygen atoms in total. The molecule has 1 amide bonds. The Bertz CT molecular complexity index is 753. The van der Waals surface area contributed by atoms with Gasteiger partial charge in [0.15, 0.2) is 0 Å². The van der Waals surface area contributed by atoms with Crippen molar-refractivity contribution in [3.05, 3.63) is 59.2 Å². The zero-order chi connectivity index (χ0) is 18.4. The van der Waals surface area contributed by atoms with E-state index in [0.29, 0.717) is 24.5 Å². The fourth-order valence-corrected chi connectivity index (χ4v) is 3.02. The lowest BCUT2D eigenvalue weighted by Crippen LogP contribution is -2.31. The number of benzene rings is 2. The first-order chi connectivity index (χ1) is 12.7. The molecule has 1 fully saturated rings. The van der Waals surface area contributed by atoms with E-state index >= 15 is 0 Å². The second-order valence-electron chi connectivity index (χ2n) is 6.43. The number of hydrogen-bond donors (Lipinski definition) is 1. The Morgan fingerprint density at radius 1 is 1.23 bits per heavy atom. The third-order valence-electron chi connectivity index (χ3n) is 4.53. The first-order valence-electron chi connectivity index (χ1n) is 8.92. The average molecular weight is 355 g/mol. The van der Waals surface area contributed by atoms with E-state index < -0.39 is 0 Å². The van der Waals surface area contributed by atoms with E-state index in [2.05, 4.69) is 5.32 Å². The van der Waals surface area contributed by atoms with E-state index in [0.717, 1.165) is 36.3 Å². The van der Waals surface area contributed by atoms with Crippen LogP contribution < -0.4 is 14.8 Å². The van der Waals surface area contributed by atoms with Gasteiger partial charge < -0.3 is 19.5 Å². The molecular weight excluding hydrogens is 330 g/mol. The lowest BCUT2D eigenvalue weighted by atomic mass is 10.1. The lowest BCUT2D eigenvalue weighted by molar-refractivity contribution is 0.0857. The topological polar surface area (TPSA) is 56.8 Å². The Balaban J connectivity index is 1.67. The molecule has 0 spiro atoms. The molecule has 1 heterocycles. The van der Waals surface area contributed by atoms with Crippen LogP contribution in [0.5, 0.6) is 11.5 Å². The zero-order valence-electron chi connectivity index (χ0n) is 15.3. The van der Waals surface area contributed by atoms with Gasteiger partial charge in [0, 0.05) is 24.3 Å². The highest BCUT2D eigenvalue weighted by Gasteiger charge is 2.17. The maximum absolute atomic E-state index is 12.4. The summed E-state index contributed by atoms with van der Waals surface area (Å²) in [7, 11) is 1.61. The molecule has 0 saturated carbocycles. The molecule has 0 radical (unpaired) electrons. The summed E-state index contributed by atoms with van der Waals surface area (Å²) in [6.45, 7) is 3.66. The van der Waals surface area contributed by atoms with Crippen LogP contribution in [0.1, 0.15) is 34.3 Å². The Labute approximate surface area is 154 Å². The summed E-state index contributed by atoms with van der Waals surface area (Å²) in [4.78, 5) is 12.4. The highest BCUT2D eigenvalue weighted by atomic mass is 16.5. The second kappa shape index (κ2) is 8.72. The minimum Gasteiger partial charge on any atom is -0.496 e. The maximum Gasteiger partial charge on any atom is 0.251 e. The summed E-state index contributed by atoms with van der Waals surface area (Å²) in [5.74, 6) is 1.41. The molecule has 0 bridgehead atoms. The molecule has 1 aliphatic rings. The van der Waals surface area contributed by atoms with E-state index in [-0.39, 0.29) is 12.0 Å². The minimum absolute atomic E-state index is 0.111. The molecule has 1 N–H and O–H groups in total. The summed E-state index contributed by atoms with van der Waals surface area (Å²) < 4.78 is 16.9. The number of carbonyl (C=O) groups is 1. The molecular formula is C21H25NO4. The van der Waals surface area contributed by atoms with Crippen molar-refractivity contribution in [2.45, 2.75) is 32.5 Å². The Hall–Kier alpha value is -2.53. The number of para-hydroxylation sites is 1. The van der Waals surface area contributed by atoms with Gasteiger partial charge in [-0.2, -0.15) is 0 Å². The Morgan fingerprint density at radius 2 is 2.08 bits per heavy atom. The number of nitrogens with one attached hydrogen (secondary N) is 1. The van der Waals surface area contributed by atoms with Crippen molar-refractivity contribution >= 4 is 5.91 Å². The number of rotatable bonds is 7. The molecule has 3 rings (SSSR count). The van der Waals surface area contributed by atoms with Gasteiger partial charge >= 0.3 is 0 Å². The van der Waals surface area contributed by atoms with Crippen molar-refractivity contribution in [2.75, 3.05) is 20.3 Å². The van der Waals surface area contributed by atoms with E-state index in [1.807, 2.05) is 37.3 Å². The number of methoxy groups -OCH3 is 1. The highest BCUT2D eigenvalue weighted by molar-refractivity contribution is 5.94. The molecule has 1 atom stereocenters. The summed E-state index contributed by atoms with van der Waals surface area (Å²) in [5.41, 5.74) is 2.49. The van der Waals surface area contributed by atoms with Crippen molar-refractivity contribution in [3.8, 4) is 11.5 Å². The standard InChI is InChI=1S/C21H25NO4/c1-15-6-3-4-8-19(15)26-14-17-12-16(9-10-20(17)24-2)21(23)22-13-18-7-5-11-25-18/h3-4,6,8-10,12,18H,5,7,11,13-14H2,1-2H3,(H,22,23)/t18-/m0/s1.